The summed E-state index contributed by atoms with van der Waals surface area (Å²) in [5, 5.41) is 2.98. The molecule has 1 amide bonds. The molecule has 5 nitrogen and oxygen atoms in total. The van der Waals surface area contributed by atoms with Crippen LogP contribution >= 0.6 is 11.8 Å². The summed E-state index contributed by atoms with van der Waals surface area (Å²) in [4.78, 5) is 15.8. The summed E-state index contributed by atoms with van der Waals surface area (Å²) in [5.74, 6) is 2.37. The van der Waals surface area contributed by atoms with Crippen LogP contribution in [0.3, 0.4) is 0 Å². The molecule has 0 bridgehead atoms. The Morgan fingerprint density at radius 1 is 1.07 bits per heavy atom. The van der Waals surface area contributed by atoms with Crippen molar-refractivity contribution in [3.63, 3.8) is 0 Å². The quantitative estimate of drug-likeness (QED) is 0.522. The van der Waals surface area contributed by atoms with Crippen molar-refractivity contribution in [2.45, 2.75) is 16.7 Å². The van der Waals surface area contributed by atoms with Gasteiger partial charge in [0.05, 0.1) is 18.9 Å². The van der Waals surface area contributed by atoms with Crippen molar-refractivity contribution in [1.29, 1.82) is 0 Å². The van der Waals surface area contributed by atoms with Crippen LogP contribution in [0.5, 0.6) is 5.75 Å². The SMILES string of the molecule is COc1ccccc1[C@@H](CNC(=O)c1ccc(CSc2ccccc2)o1)N(C)C. The van der Waals surface area contributed by atoms with Crippen LogP contribution in [0, 0.1) is 0 Å². The number of nitrogens with zero attached hydrogens (tertiary/aromatic N) is 1. The van der Waals surface area contributed by atoms with Gasteiger partial charge in [0.2, 0.25) is 0 Å². The molecule has 0 radical (unpaired) electrons. The van der Waals surface area contributed by atoms with Crippen molar-refractivity contribution in [3.05, 3.63) is 83.8 Å². The highest BCUT2D eigenvalue weighted by molar-refractivity contribution is 7.98. The summed E-state index contributed by atoms with van der Waals surface area (Å²) in [6, 6.07) is 21.5. The van der Waals surface area contributed by atoms with Crippen molar-refractivity contribution in [2.75, 3.05) is 27.7 Å². The molecule has 2 aromatic carbocycles. The van der Waals surface area contributed by atoms with Gasteiger partial charge < -0.3 is 19.4 Å². The molecule has 1 N–H and O–H groups in total. The van der Waals surface area contributed by atoms with Crippen LogP contribution in [0.25, 0.3) is 0 Å². The first-order chi connectivity index (χ1) is 14.1. The number of nitrogens with one attached hydrogen (secondary N) is 1. The number of ether oxygens (including phenoxy) is 1. The van der Waals surface area contributed by atoms with E-state index in [9.17, 15) is 4.79 Å². The van der Waals surface area contributed by atoms with Crippen LogP contribution in [-0.2, 0) is 5.75 Å². The van der Waals surface area contributed by atoms with E-state index in [1.54, 1.807) is 24.9 Å². The molecule has 0 fully saturated rings. The average molecular weight is 411 g/mol. The topological polar surface area (TPSA) is 54.7 Å². The molecule has 0 spiro atoms. The molecule has 0 unspecified atom stereocenters. The van der Waals surface area contributed by atoms with Gasteiger partial charge in [-0.05, 0) is 44.4 Å². The highest BCUT2D eigenvalue weighted by atomic mass is 32.2. The molecule has 3 aromatic rings. The molecule has 1 aromatic heterocycles. The lowest BCUT2D eigenvalue weighted by Gasteiger charge is -2.26. The number of hydrogen-bond acceptors (Lipinski definition) is 5. The van der Waals surface area contributed by atoms with Crippen LogP contribution in [0.4, 0.5) is 0 Å². The minimum atomic E-state index is -0.220. The van der Waals surface area contributed by atoms with E-state index in [1.165, 1.54) is 4.90 Å². The van der Waals surface area contributed by atoms with Crippen molar-refractivity contribution in [2.24, 2.45) is 0 Å². The lowest BCUT2D eigenvalue weighted by molar-refractivity contribution is 0.0912. The van der Waals surface area contributed by atoms with Crippen LogP contribution in [0.15, 0.2) is 76.0 Å². The third kappa shape index (κ3) is 5.65. The molecule has 0 saturated heterocycles. The monoisotopic (exact) mass is 410 g/mol. The summed E-state index contributed by atoms with van der Waals surface area (Å²) in [5.41, 5.74) is 1.03. The Morgan fingerprint density at radius 3 is 2.52 bits per heavy atom. The van der Waals surface area contributed by atoms with Crippen LogP contribution < -0.4 is 10.1 Å². The molecule has 1 atom stereocenters. The van der Waals surface area contributed by atoms with Gasteiger partial charge in [0.25, 0.3) is 5.91 Å². The Labute approximate surface area is 176 Å². The zero-order chi connectivity index (χ0) is 20.6. The second-order valence-electron chi connectivity index (χ2n) is 6.80. The lowest BCUT2D eigenvalue weighted by atomic mass is 10.0. The van der Waals surface area contributed by atoms with E-state index in [1.807, 2.05) is 62.6 Å². The fourth-order valence-corrected chi connectivity index (χ4v) is 3.85. The predicted molar refractivity (Wildman–Crippen MR) is 116 cm³/mol. The number of para-hydroxylation sites is 1. The number of thioether (sulfide) groups is 1. The van der Waals surface area contributed by atoms with E-state index in [0.717, 1.165) is 17.1 Å². The van der Waals surface area contributed by atoms with E-state index >= 15 is 0 Å². The van der Waals surface area contributed by atoms with Gasteiger partial charge in [-0.15, -0.1) is 11.8 Å². The number of amides is 1. The molecular weight excluding hydrogens is 384 g/mol. The number of hydrogen-bond donors (Lipinski definition) is 1. The molecule has 6 heteroatoms. The Balaban J connectivity index is 1.60. The molecule has 152 valence electrons. The largest absolute Gasteiger partial charge is 0.496 e. The molecule has 0 aliphatic heterocycles. The maximum atomic E-state index is 12.6. The van der Waals surface area contributed by atoms with Crippen molar-refractivity contribution in [1.82, 2.24) is 10.2 Å². The zero-order valence-electron chi connectivity index (χ0n) is 16.9. The number of rotatable bonds is 9. The first-order valence-electron chi connectivity index (χ1n) is 9.42. The Morgan fingerprint density at radius 2 is 1.79 bits per heavy atom. The first kappa shape index (κ1) is 21.0. The van der Waals surface area contributed by atoms with Gasteiger partial charge in [0, 0.05) is 17.0 Å². The summed E-state index contributed by atoms with van der Waals surface area (Å²) in [7, 11) is 5.62. The Bertz CT molecular complexity index is 925. The zero-order valence-corrected chi connectivity index (χ0v) is 17.7. The minimum absolute atomic E-state index is 0.0156. The molecule has 29 heavy (non-hydrogen) atoms. The third-order valence-corrected chi connectivity index (χ3v) is 5.62. The maximum Gasteiger partial charge on any atom is 0.287 e. The molecule has 0 aliphatic carbocycles. The summed E-state index contributed by atoms with van der Waals surface area (Å²) >= 11 is 1.68. The smallest absolute Gasteiger partial charge is 0.287 e. The highest BCUT2D eigenvalue weighted by Crippen LogP contribution is 2.27. The molecule has 3 rings (SSSR count). The molecule has 0 aliphatic rings. The van der Waals surface area contributed by atoms with E-state index in [4.69, 9.17) is 9.15 Å². The van der Waals surface area contributed by atoms with Gasteiger partial charge in [-0.3, -0.25) is 4.79 Å². The van der Waals surface area contributed by atoms with Crippen LogP contribution in [0.1, 0.15) is 27.9 Å². The first-order valence-corrected chi connectivity index (χ1v) is 10.4. The second kappa shape index (κ2) is 10.2. The summed E-state index contributed by atoms with van der Waals surface area (Å²) in [6.07, 6.45) is 0. The number of furan rings is 1. The van der Waals surface area contributed by atoms with Gasteiger partial charge in [0.1, 0.15) is 11.5 Å². The fraction of sp³-hybridized carbons (Fsp3) is 0.261. The summed E-state index contributed by atoms with van der Waals surface area (Å²) < 4.78 is 11.2. The Hall–Kier alpha value is -2.70. The minimum Gasteiger partial charge on any atom is -0.496 e. The van der Waals surface area contributed by atoms with E-state index < -0.39 is 0 Å². The van der Waals surface area contributed by atoms with Crippen molar-refractivity contribution >= 4 is 17.7 Å². The van der Waals surface area contributed by atoms with Gasteiger partial charge in [0.15, 0.2) is 5.76 Å². The van der Waals surface area contributed by atoms with E-state index in [0.29, 0.717) is 18.1 Å². The maximum absolute atomic E-state index is 12.6. The molecular formula is C23H26N2O3S. The van der Waals surface area contributed by atoms with Gasteiger partial charge >= 0.3 is 0 Å². The van der Waals surface area contributed by atoms with Crippen molar-refractivity contribution < 1.29 is 13.9 Å². The fourth-order valence-electron chi connectivity index (χ4n) is 3.04. The standard InChI is InChI=1S/C23H26N2O3S/c1-25(2)20(19-11-7-8-12-21(19)27-3)15-24-23(26)22-14-13-17(28-22)16-29-18-9-5-4-6-10-18/h4-14,20H,15-16H2,1-3H3,(H,24,26)/t20-/m1/s1. The summed E-state index contributed by atoms with van der Waals surface area (Å²) in [6.45, 7) is 0.445. The number of benzene rings is 2. The Kier molecular flexibility index (Phi) is 7.38. The number of carbonyl (C=O) groups is 1. The van der Waals surface area contributed by atoms with E-state index in [-0.39, 0.29) is 11.9 Å². The van der Waals surface area contributed by atoms with Gasteiger partial charge in [-0.1, -0.05) is 36.4 Å². The molecule has 1 heterocycles. The van der Waals surface area contributed by atoms with Crippen molar-refractivity contribution in [3.8, 4) is 5.75 Å². The average Bonchev–Trinajstić information content (AvgIpc) is 3.22. The van der Waals surface area contributed by atoms with Crippen LogP contribution in [-0.4, -0.2) is 38.6 Å². The number of carbonyl (C=O) groups excluding carboxylic acids is 1. The second-order valence-corrected chi connectivity index (χ2v) is 7.85. The predicted octanol–water partition coefficient (Wildman–Crippen LogP) is 4.61. The number of likely N-dealkylation sites (N-methyl/N-ethyl adjacent to an activating group) is 1. The molecule has 0 saturated carbocycles. The third-order valence-electron chi connectivity index (χ3n) is 4.59. The highest BCUT2D eigenvalue weighted by Gasteiger charge is 2.20. The number of methoxy groups -OCH3 is 1. The lowest BCUT2D eigenvalue weighted by Crippen LogP contribution is -2.34. The van der Waals surface area contributed by atoms with E-state index in [2.05, 4.69) is 22.3 Å². The van der Waals surface area contributed by atoms with Gasteiger partial charge in [-0.2, -0.15) is 0 Å². The van der Waals surface area contributed by atoms with Crippen LogP contribution in [0.2, 0.25) is 0 Å². The normalized spacial score (nSPS) is 12.0. The van der Waals surface area contributed by atoms with Gasteiger partial charge in [-0.25, -0.2) is 0 Å².